The van der Waals surface area contributed by atoms with Gasteiger partial charge in [0.25, 0.3) is 6.33 Å². The van der Waals surface area contributed by atoms with Crippen molar-refractivity contribution in [3.63, 3.8) is 0 Å². The smallest absolute Gasteiger partial charge is 0.285 e. The molecule has 0 spiro atoms. The Morgan fingerprint density at radius 2 is 2.25 bits per heavy atom. The highest BCUT2D eigenvalue weighted by Crippen LogP contribution is 1.64. The Morgan fingerprint density at radius 1 is 1.50 bits per heavy atom. The molecule has 1 aromatic rings. The van der Waals surface area contributed by atoms with Gasteiger partial charge in [0.1, 0.15) is 6.20 Å². The van der Waals surface area contributed by atoms with Gasteiger partial charge in [0.05, 0.1) is 13.2 Å². The van der Waals surface area contributed by atoms with Crippen molar-refractivity contribution < 1.29 is 28.5 Å². The molecule has 0 saturated heterocycles. The molecule has 0 fully saturated rings. The molecule has 0 amide bonds. The SMILES string of the molecule is C[n+]1cccnc1.[I-]. The Hall–Kier alpha value is -0.190. The highest BCUT2D eigenvalue weighted by molar-refractivity contribution is 4.68. The summed E-state index contributed by atoms with van der Waals surface area (Å²) in [6.07, 6.45) is 5.44. The van der Waals surface area contributed by atoms with Gasteiger partial charge in [-0.3, -0.25) is 0 Å². The number of halogens is 1. The number of hydrogen-bond donors (Lipinski definition) is 0. The Morgan fingerprint density at radius 3 is 2.50 bits per heavy atom. The van der Waals surface area contributed by atoms with Crippen LogP contribution in [-0.4, -0.2) is 4.98 Å². The van der Waals surface area contributed by atoms with Gasteiger partial charge in [-0.05, 0) is 0 Å². The molecule has 1 aromatic heterocycles. The first-order valence-corrected chi connectivity index (χ1v) is 2.15. The normalized spacial score (nSPS) is 7.62. The zero-order valence-corrected chi connectivity index (χ0v) is 6.74. The largest absolute Gasteiger partial charge is 1.00 e. The average molecular weight is 222 g/mol. The second-order valence-corrected chi connectivity index (χ2v) is 1.42. The summed E-state index contributed by atoms with van der Waals surface area (Å²) in [5, 5.41) is 0. The number of aryl methyl sites for hydroxylation is 1. The highest BCUT2D eigenvalue weighted by Gasteiger charge is 1.79. The van der Waals surface area contributed by atoms with Crippen LogP contribution in [0.3, 0.4) is 0 Å². The minimum Gasteiger partial charge on any atom is -1.00 e. The van der Waals surface area contributed by atoms with Gasteiger partial charge in [-0.25, -0.2) is 4.57 Å². The maximum Gasteiger partial charge on any atom is 0.285 e. The van der Waals surface area contributed by atoms with Crippen molar-refractivity contribution in [1.29, 1.82) is 0 Å². The van der Waals surface area contributed by atoms with Crippen molar-refractivity contribution in [2.45, 2.75) is 0 Å². The Balaban J connectivity index is 0.000000490. The van der Waals surface area contributed by atoms with Crippen molar-refractivity contribution in [2.75, 3.05) is 0 Å². The van der Waals surface area contributed by atoms with Crippen molar-refractivity contribution in [1.82, 2.24) is 4.98 Å². The van der Waals surface area contributed by atoms with Gasteiger partial charge in [0.15, 0.2) is 0 Å². The van der Waals surface area contributed by atoms with E-state index in [1.807, 2.05) is 23.9 Å². The van der Waals surface area contributed by atoms with Gasteiger partial charge in [-0.15, -0.1) is 0 Å². The number of aromatic nitrogens is 2. The summed E-state index contributed by atoms with van der Waals surface area (Å²) < 4.78 is 1.89. The van der Waals surface area contributed by atoms with Crippen molar-refractivity contribution in [3.8, 4) is 0 Å². The molecule has 0 aliphatic carbocycles. The monoisotopic (exact) mass is 222 g/mol. The zero-order valence-electron chi connectivity index (χ0n) is 4.58. The number of hydrogen-bond acceptors (Lipinski definition) is 1. The molecule has 0 N–H and O–H groups in total. The van der Waals surface area contributed by atoms with Crippen molar-refractivity contribution >= 4 is 0 Å². The lowest BCUT2D eigenvalue weighted by molar-refractivity contribution is -0.674. The fourth-order valence-corrected chi connectivity index (χ4v) is 0.406. The van der Waals surface area contributed by atoms with Crippen LogP contribution in [0.1, 0.15) is 0 Å². The van der Waals surface area contributed by atoms with Crippen molar-refractivity contribution in [3.05, 3.63) is 24.8 Å². The van der Waals surface area contributed by atoms with Crippen LogP contribution in [0.4, 0.5) is 0 Å². The lowest BCUT2D eigenvalue weighted by atomic mass is 10.7. The third-order valence-corrected chi connectivity index (χ3v) is 0.742. The van der Waals surface area contributed by atoms with Gasteiger partial charge >= 0.3 is 0 Å². The maximum atomic E-state index is 3.85. The molecule has 0 aromatic carbocycles. The molecule has 0 radical (unpaired) electrons. The van der Waals surface area contributed by atoms with Gasteiger partial charge in [-0.2, -0.15) is 0 Å². The molecule has 0 aliphatic heterocycles. The molecule has 0 unspecified atom stereocenters. The van der Waals surface area contributed by atoms with Crippen LogP contribution in [0.15, 0.2) is 24.8 Å². The Kier molecular flexibility index (Phi) is 3.68. The summed E-state index contributed by atoms with van der Waals surface area (Å²) in [7, 11) is 1.94. The van der Waals surface area contributed by atoms with Crippen LogP contribution in [-0.2, 0) is 7.05 Å². The van der Waals surface area contributed by atoms with Gasteiger partial charge in [0, 0.05) is 6.07 Å². The summed E-state index contributed by atoms with van der Waals surface area (Å²) >= 11 is 0. The molecule has 8 heavy (non-hydrogen) atoms. The van der Waals surface area contributed by atoms with E-state index in [1.54, 1.807) is 12.5 Å². The molecule has 0 aliphatic rings. The zero-order chi connectivity index (χ0) is 5.11. The van der Waals surface area contributed by atoms with E-state index >= 15 is 0 Å². The summed E-state index contributed by atoms with van der Waals surface area (Å²) in [6.45, 7) is 0. The van der Waals surface area contributed by atoms with Crippen LogP contribution in [0.5, 0.6) is 0 Å². The van der Waals surface area contributed by atoms with E-state index in [4.69, 9.17) is 0 Å². The average Bonchev–Trinajstić information content (AvgIpc) is 1.69. The molecular weight excluding hydrogens is 215 g/mol. The molecule has 0 saturated carbocycles. The predicted molar refractivity (Wildman–Crippen MR) is 25.4 cm³/mol. The Labute approximate surface area is 65.6 Å². The summed E-state index contributed by atoms with van der Waals surface area (Å²) in [6, 6.07) is 1.89. The molecule has 2 nitrogen and oxygen atoms in total. The minimum atomic E-state index is 0. The fourth-order valence-electron chi connectivity index (χ4n) is 0.406. The second-order valence-electron chi connectivity index (χ2n) is 1.42. The summed E-state index contributed by atoms with van der Waals surface area (Å²) in [5.41, 5.74) is 0. The van der Waals surface area contributed by atoms with E-state index in [1.165, 1.54) is 0 Å². The first kappa shape index (κ1) is 7.81. The van der Waals surface area contributed by atoms with Crippen LogP contribution in [0.25, 0.3) is 0 Å². The third-order valence-electron chi connectivity index (χ3n) is 0.742. The molecule has 3 heteroatoms. The standard InChI is InChI=1S/C5H7N2.HI/c1-7-4-2-3-6-5-7;/h2-5H,1H3;1H/q+1;/p-1. The maximum absolute atomic E-state index is 3.85. The third kappa shape index (κ3) is 2.20. The second kappa shape index (κ2) is 3.77. The highest BCUT2D eigenvalue weighted by atomic mass is 127. The molecule has 1 heterocycles. The molecule has 0 atom stereocenters. The van der Waals surface area contributed by atoms with Gasteiger partial charge < -0.3 is 24.0 Å². The molecular formula is C5H7IN2. The number of rotatable bonds is 0. The van der Waals surface area contributed by atoms with E-state index in [0.29, 0.717) is 0 Å². The fraction of sp³-hybridized carbons (Fsp3) is 0.200. The quantitative estimate of drug-likeness (QED) is 0.336. The Bertz CT molecular complexity index is 140. The van der Waals surface area contributed by atoms with E-state index < -0.39 is 0 Å². The van der Waals surface area contributed by atoms with Gasteiger partial charge in [-0.1, -0.05) is 4.98 Å². The first-order valence-electron chi connectivity index (χ1n) is 2.15. The van der Waals surface area contributed by atoms with Crippen LogP contribution in [0, 0.1) is 0 Å². The summed E-state index contributed by atoms with van der Waals surface area (Å²) in [5.74, 6) is 0. The van der Waals surface area contributed by atoms with Gasteiger partial charge in [0.2, 0.25) is 0 Å². The molecule has 44 valence electrons. The van der Waals surface area contributed by atoms with Crippen LogP contribution >= 0.6 is 0 Å². The van der Waals surface area contributed by atoms with E-state index in [0.717, 1.165) is 0 Å². The van der Waals surface area contributed by atoms with Crippen LogP contribution < -0.4 is 28.5 Å². The minimum absolute atomic E-state index is 0. The lowest BCUT2D eigenvalue weighted by Crippen LogP contribution is -3.00. The van der Waals surface area contributed by atoms with Crippen LogP contribution in [0.2, 0.25) is 0 Å². The van der Waals surface area contributed by atoms with Crippen molar-refractivity contribution in [2.24, 2.45) is 7.05 Å². The first-order chi connectivity index (χ1) is 3.39. The summed E-state index contributed by atoms with van der Waals surface area (Å²) in [4.78, 5) is 3.85. The van der Waals surface area contributed by atoms with E-state index in [2.05, 4.69) is 4.98 Å². The van der Waals surface area contributed by atoms with E-state index in [-0.39, 0.29) is 24.0 Å². The number of nitrogens with zero attached hydrogens (tertiary/aromatic N) is 2. The molecule has 0 bridgehead atoms. The topological polar surface area (TPSA) is 16.8 Å². The predicted octanol–water partition coefficient (Wildman–Crippen LogP) is -3.09. The van der Waals surface area contributed by atoms with E-state index in [9.17, 15) is 0 Å². The lowest BCUT2D eigenvalue weighted by Gasteiger charge is -1.78. The molecule has 1 rings (SSSR count).